The number of aryl methyl sites for hydroxylation is 2. The number of aliphatic hydroxyl groups excluding tert-OH is 2. The van der Waals surface area contributed by atoms with Gasteiger partial charge in [0.1, 0.15) is 0 Å². The Morgan fingerprint density at radius 1 is 0.611 bits per heavy atom. The lowest BCUT2D eigenvalue weighted by Crippen LogP contribution is -1.86. The molecule has 36 heavy (non-hydrogen) atoms. The maximum atomic E-state index is 9.65. The van der Waals surface area contributed by atoms with E-state index in [9.17, 15) is 10.2 Å². The molecule has 3 aromatic heterocycles. The van der Waals surface area contributed by atoms with Gasteiger partial charge in [0.25, 0.3) is 0 Å². The first-order valence-electron chi connectivity index (χ1n) is 13.0. The van der Waals surface area contributed by atoms with Gasteiger partial charge < -0.3 is 20.2 Å². The number of hydrogen-bond donors (Lipinski definition) is 4. The highest BCUT2D eigenvalue weighted by molar-refractivity contribution is 5.90. The molecule has 0 aliphatic carbocycles. The average Bonchev–Trinajstić information content (AvgIpc) is 3.63. The third-order valence-electron chi connectivity index (χ3n) is 6.80. The molecule has 5 heterocycles. The number of fused-ring (bicyclic) bond motifs is 10. The molecule has 8 bridgehead atoms. The lowest BCUT2D eigenvalue weighted by Gasteiger charge is -1.97. The number of H-pyrrole nitrogens is 2. The number of aliphatic hydroxyl groups is 2. The van der Waals surface area contributed by atoms with Gasteiger partial charge in [-0.25, -0.2) is 9.97 Å². The van der Waals surface area contributed by atoms with Gasteiger partial charge in [0.15, 0.2) is 0 Å². The predicted molar refractivity (Wildman–Crippen MR) is 148 cm³/mol. The van der Waals surface area contributed by atoms with Gasteiger partial charge in [-0.15, -0.1) is 0 Å². The number of nitrogens with one attached hydrogen (secondary N) is 2. The van der Waals surface area contributed by atoms with Gasteiger partial charge >= 0.3 is 0 Å². The summed E-state index contributed by atoms with van der Waals surface area (Å²) >= 11 is 0. The van der Waals surface area contributed by atoms with Crippen LogP contribution in [0, 0.1) is 0 Å². The van der Waals surface area contributed by atoms with Crippen LogP contribution in [0.25, 0.3) is 45.4 Å². The van der Waals surface area contributed by atoms with Crippen molar-refractivity contribution in [3.63, 3.8) is 0 Å². The highest BCUT2D eigenvalue weighted by atomic mass is 16.3. The third kappa shape index (κ3) is 4.79. The number of aromatic amines is 2. The molecule has 0 aromatic carbocycles. The lowest BCUT2D eigenvalue weighted by molar-refractivity contribution is 0.304. The van der Waals surface area contributed by atoms with Crippen LogP contribution in [0.4, 0.5) is 0 Å². The molecule has 186 valence electrons. The minimum atomic E-state index is 0.0624. The summed E-state index contributed by atoms with van der Waals surface area (Å²) in [5.41, 5.74) is 12.1. The third-order valence-corrected chi connectivity index (χ3v) is 6.80. The van der Waals surface area contributed by atoms with Gasteiger partial charge in [-0.1, -0.05) is 26.7 Å². The van der Waals surface area contributed by atoms with Crippen LogP contribution < -0.4 is 0 Å². The van der Waals surface area contributed by atoms with E-state index in [4.69, 9.17) is 9.97 Å². The molecule has 3 aromatic rings. The summed E-state index contributed by atoms with van der Waals surface area (Å²) in [6.07, 6.45) is 9.22. The largest absolute Gasteiger partial charge is 0.396 e. The molecule has 0 spiro atoms. The fraction of sp³-hybridized carbons (Fsp3) is 0.333. The van der Waals surface area contributed by atoms with Crippen LogP contribution in [0.1, 0.15) is 73.4 Å². The van der Waals surface area contributed by atoms with Crippen LogP contribution in [0.15, 0.2) is 36.4 Å². The Balaban J connectivity index is 1.84. The number of rotatable bonds is 8. The zero-order chi connectivity index (χ0) is 25.1. The first kappa shape index (κ1) is 24.2. The summed E-state index contributed by atoms with van der Waals surface area (Å²) in [6.45, 7) is 4.52. The minimum absolute atomic E-state index is 0.0624. The van der Waals surface area contributed by atoms with Gasteiger partial charge in [-0.3, -0.25) is 0 Å². The summed E-state index contributed by atoms with van der Waals surface area (Å²) in [5, 5.41) is 19.3. The topological polar surface area (TPSA) is 97.8 Å². The van der Waals surface area contributed by atoms with Gasteiger partial charge in [0, 0.05) is 24.2 Å². The molecule has 0 saturated heterocycles. The van der Waals surface area contributed by atoms with Crippen molar-refractivity contribution in [2.75, 3.05) is 13.2 Å². The summed E-state index contributed by atoms with van der Waals surface area (Å²) in [6, 6.07) is 12.8. The molecular weight excluding hydrogens is 448 g/mol. The smallest absolute Gasteiger partial charge is 0.0897 e. The second-order valence-electron chi connectivity index (χ2n) is 9.46. The van der Waals surface area contributed by atoms with Crippen molar-refractivity contribution in [3.05, 3.63) is 70.3 Å². The highest BCUT2D eigenvalue weighted by Gasteiger charge is 2.17. The number of aromatic nitrogens is 4. The standard InChI is InChI=1S/C30H34N4O2/c1-3-5-19-15-27-28-16-20(6-4-2)24(32-28)8-10-26-22(12-14-36)18-30(34-26)29-17-21(11-13-35)25(33-29)9-7-23(19)31-27/h7-10,15-18,31-32,35-36H,3-6,11-14H2,1-2H3. The molecule has 2 aliphatic rings. The van der Waals surface area contributed by atoms with E-state index in [1.807, 2.05) is 24.3 Å². The van der Waals surface area contributed by atoms with E-state index in [2.05, 4.69) is 48.1 Å². The van der Waals surface area contributed by atoms with Gasteiger partial charge in [-0.05, 0) is 96.5 Å². The SMILES string of the molecule is CCCc1cc2[nH]c1ccc1nc(c3nc(ccc4[nH]c2cc4CCC)C(CCO)=C3)C=C1CCO. The van der Waals surface area contributed by atoms with Crippen molar-refractivity contribution in [1.82, 2.24) is 19.9 Å². The van der Waals surface area contributed by atoms with Crippen LogP contribution in [-0.4, -0.2) is 43.4 Å². The summed E-state index contributed by atoms with van der Waals surface area (Å²) in [4.78, 5) is 17.0. The monoisotopic (exact) mass is 482 g/mol. The molecule has 0 saturated carbocycles. The van der Waals surface area contributed by atoms with Gasteiger partial charge in [0.05, 0.1) is 33.8 Å². The van der Waals surface area contributed by atoms with E-state index in [0.29, 0.717) is 12.8 Å². The summed E-state index contributed by atoms with van der Waals surface area (Å²) in [7, 11) is 0. The molecule has 2 aliphatic heterocycles. The fourth-order valence-electron chi connectivity index (χ4n) is 5.03. The van der Waals surface area contributed by atoms with Crippen LogP contribution in [-0.2, 0) is 12.8 Å². The van der Waals surface area contributed by atoms with E-state index < -0.39 is 0 Å². The molecular formula is C30H34N4O2. The molecule has 6 nitrogen and oxygen atoms in total. The van der Waals surface area contributed by atoms with Gasteiger partial charge in [0.2, 0.25) is 0 Å². The maximum Gasteiger partial charge on any atom is 0.0897 e. The van der Waals surface area contributed by atoms with E-state index in [1.165, 1.54) is 11.1 Å². The molecule has 0 radical (unpaired) electrons. The van der Waals surface area contributed by atoms with Crippen molar-refractivity contribution in [2.24, 2.45) is 0 Å². The van der Waals surface area contributed by atoms with Crippen LogP contribution in [0.5, 0.6) is 0 Å². The Labute approximate surface area is 211 Å². The van der Waals surface area contributed by atoms with Crippen LogP contribution >= 0.6 is 0 Å². The number of nitrogens with zero attached hydrogens (tertiary/aromatic N) is 2. The van der Waals surface area contributed by atoms with E-state index >= 15 is 0 Å². The minimum Gasteiger partial charge on any atom is -0.396 e. The van der Waals surface area contributed by atoms with E-state index in [1.54, 1.807) is 0 Å². The Morgan fingerprint density at radius 2 is 1.06 bits per heavy atom. The Kier molecular flexibility index (Phi) is 7.16. The molecule has 5 rings (SSSR count). The molecule has 4 N–H and O–H groups in total. The van der Waals surface area contributed by atoms with Crippen molar-refractivity contribution in [2.45, 2.75) is 52.4 Å². The average molecular weight is 483 g/mol. The van der Waals surface area contributed by atoms with Crippen molar-refractivity contribution < 1.29 is 10.2 Å². The first-order chi connectivity index (χ1) is 17.6. The van der Waals surface area contributed by atoms with Crippen molar-refractivity contribution in [1.29, 1.82) is 0 Å². The first-order valence-corrected chi connectivity index (χ1v) is 13.0. The molecule has 0 unspecified atom stereocenters. The summed E-state index contributed by atoms with van der Waals surface area (Å²) in [5.74, 6) is 0. The molecule has 0 amide bonds. The van der Waals surface area contributed by atoms with Crippen LogP contribution in [0.3, 0.4) is 0 Å². The quantitative estimate of drug-likeness (QED) is 0.313. The Morgan fingerprint density at radius 3 is 1.44 bits per heavy atom. The Bertz CT molecular complexity index is 1380. The summed E-state index contributed by atoms with van der Waals surface area (Å²) < 4.78 is 0. The second kappa shape index (κ2) is 10.6. The predicted octanol–water partition coefficient (Wildman–Crippen LogP) is 6.07. The molecule has 6 heteroatoms. The van der Waals surface area contributed by atoms with E-state index in [-0.39, 0.29) is 13.2 Å². The number of hydrogen-bond acceptors (Lipinski definition) is 4. The molecule has 0 atom stereocenters. The normalized spacial score (nSPS) is 13.1. The Hall–Kier alpha value is -3.48. The highest BCUT2D eigenvalue weighted by Crippen LogP contribution is 2.31. The van der Waals surface area contributed by atoms with E-state index in [0.717, 1.165) is 81.7 Å². The zero-order valence-electron chi connectivity index (χ0n) is 21.1. The van der Waals surface area contributed by atoms with Gasteiger partial charge in [-0.2, -0.15) is 0 Å². The van der Waals surface area contributed by atoms with Crippen molar-refractivity contribution >= 4 is 45.4 Å². The second-order valence-corrected chi connectivity index (χ2v) is 9.46. The fourth-order valence-corrected chi connectivity index (χ4v) is 5.03. The molecule has 0 fully saturated rings. The lowest BCUT2D eigenvalue weighted by atomic mass is 10.1. The maximum absolute atomic E-state index is 9.65. The van der Waals surface area contributed by atoms with Crippen LogP contribution in [0.2, 0.25) is 0 Å². The van der Waals surface area contributed by atoms with Crippen molar-refractivity contribution in [3.8, 4) is 0 Å². The zero-order valence-corrected chi connectivity index (χ0v) is 21.1.